The minimum atomic E-state index is -0.777. The largest absolute Gasteiger partial charge is 0.481 e. The number of hydrogen-bond donors (Lipinski definition) is 1. The van der Waals surface area contributed by atoms with Crippen molar-refractivity contribution >= 4 is 17.6 Å². The smallest absolute Gasteiger partial charge is 0.307 e. The highest BCUT2D eigenvalue weighted by molar-refractivity contribution is 6.31. The third kappa shape index (κ3) is 3.46. The minimum Gasteiger partial charge on any atom is -0.481 e. The fourth-order valence-electron chi connectivity index (χ4n) is 1.83. The van der Waals surface area contributed by atoms with Crippen molar-refractivity contribution < 1.29 is 9.90 Å². The Kier molecular flexibility index (Phi) is 5.16. The van der Waals surface area contributed by atoms with E-state index in [1.807, 2.05) is 20.9 Å². The van der Waals surface area contributed by atoms with Gasteiger partial charge in [0.2, 0.25) is 0 Å². The molecule has 0 saturated heterocycles. The number of rotatable bonds is 6. The van der Waals surface area contributed by atoms with Gasteiger partial charge in [0, 0.05) is 20.1 Å². The van der Waals surface area contributed by atoms with Crippen LogP contribution in [-0.2, 0) is 18.4 Å². The molecular weight excluding hydrogens is 254 g/mol. The number of aromatic nitrogens is 2. The first-order valence-electron chi connectivity index (χ1n) is 5.99. The third-order valence-corrected chi connectivity index (χ3v) is 3.53. The number of carboxylic acids is 1. The van der Waals surface area contributed by atoms with Gasteiger partial charge in [0.15, 0.2) is 0 Å². The lowest BCUT2D eigenvalue weighted by Gasteiger charge is -2.22. The van der Waals surface area contributed by atoms with Crippen molar-refractivity contribution in [3.63, 3.8) is 0 Å². The summed E-state index contributed by atoms with van der Waals surface area (Å²) in [6.07, 6.45) is 0. The molecule has 5 nitrogen and oxygen atoms in total. The van der Waals surface area contributed by atoms with Crippen molar-refractivity contribution in [2.24, 2.45) is 13.0 Å². The summed E-state index contributed by atoms with van der Waals surface area (Å²) in [7, 11) is 1.85. The fraction of sp³-hybridized carbons (Fsp3) is 0.667. The Balaban J connectivity index is 2.77. The van der Waals surface area contributed by atoms with Crippen LogP contribution < -0.4 is 0 Å². The molecule has 6 heteroatoms. The second-order valence-electron chi connectivity index (χ2n) is 4.54. The highest BCUT2D eigenvalue weighted by Gasteiger charge is 2.18. The number of carbonyl (C=O) groups is 1. The molecular formula is C12H20ClN3O2. The number of hydrogen-bond acceptors (Lipinski definition) is 3. The van der Waals surface area contributed by atoms with E-state index in [4.69, 9.17) is 16.7 Å². The summed E-state index contributed by atoms with van der Waals surface area (Å²) < 4.78 is 1.76. The summed E-state index contributed by atoms with van der Waals surface area (Å²) in [4.78, 5) is 12.9. The van der Waals surface area contributed by atoms with E-state index in [2.05, 4.69) is 10.00 Å². The molecule has 1 rings (SSSR count). The molecule has 1 aromatic rings. The quantitative estimate of drug-likeness (QED) is 0.860. The van der Waals surface area contributed by atoms with Gasteiger partial charge in [-0.05, 0) is 13.5 Å². The Labute approximate surface area is 112 Å². The molecule has 1 heterocycles. The average molecular weight is 274 g/mol. The maximum absolute atomic E-state index is 10.9. The summed E-state index contributed by atoms with van der Waals surface area (Å²) in [6.45, 7) is 7.48. The molecule has 0 bridgehead atoms. The Bertz CT molecular complexity index is 431. The van der Waals surface area contributed by atoms with E-state index in [-0.39, 0.29) is 0 Å². The predicted octanol–water partition coefficient (Wildman–Crippen LogP) is 1.92. The lowest BCUT2D eigenvalue weighted by molar-refractivity contribution is -0.141. The van der Waals surface area contributed by atoms with Gasteiger partial charge < -0.3 is 5.11 Å². The van der Waals surface area contributed by atoms with Crippen molar-refractivity contribution in [3.8, 4) is 0 Å². The van der Waals surface area contributed by atoms with E-state index in [0.717, 1.165) is 17.9 Å². The molecule has 0 saturated carbocycles. The fourth-order valence-corrected chi connectivity index (χ4v) is 2.05. The van der Waals surface area contributed by atoms with E-state index in [1.54, 1.807) is 11.6 Å². The van der Waals surface area contributed by atoms with E-state index < -0.39 is 11.9 Å². The molecule has 0 spiro atoms. The van der Waals surface area contributed by atoms with Crippen molar-refractivity contribution in [1.82, 2.24) is 14.7 Å². The lowest BCUT2D eigenvalue weighted by Crippen LogP contribution is -2.32. The molecule has 0 radical (unpaired) electrons. The Hall–Kier alpha value is -1.07. The molecule has 0 aliphatic rings. The van der Waals surface area contributed by atoms with Gasteiger partial charge >= 0.3 is 5.97 Å². The summed E-state index contributed by atoms with van der Waals surface area (Å²) in [5.41, 5.74) is 1.73. The van der Waals surface area contributed by atoms with E-state index in [1.165, 1.54) is 0 Å². The highest BCUT2D eigenvalue weighted by atomic mass is 35.5. The van der Waals surface area contributed by atoms with Crippen molar-refractivity contribution in [2.75, 3.05) is 13.1 Å². The monoisotopic (exact) mass is 273 g/mol. The van der Waals surface area contributed by atoms with E-state index >= 15 is 0 Å². The Morgan fingerprint density at radius 3 is 2.61 bits per heavy atom. The molecule has 1 atom stereocenters. The Morgan fingerprint density at radius 2 is 2.22 bits per heavy atom. The van der Waals surface area contributed by atoms with Gasteiger partial charge in [-0.15, -0.1) is 0 Å². The average Bonchev–Trinajstić information content (AvgIpc) is 2.54. The number of aryl methyl sites for hydroxylation is 2. The summed E-state index contributed by atoms with van der Waals surface area (Å²) in [5.74, 6) is -1.17. The van der Waals surface area contributed by atoms with Crippen molar-refractivity contribution in [1.29, 1.82) is 0 Å². The zero-order chi connectivity index (χ0) is 13.9. The topological polar surface area (TPSA) is 58.4 Å². The SMILES string of the molecule is CCN(Cc1c(Cl)c(C)nn1C)CC(C)C(=O)O. The molecule has 0 aliphatic carbocycles. The maximum Gasteiger partial charge on any atom is 0.307 e. The van der Waals surface area contributed by atoms with Crippen LogP contribution in [0.15, 0.2) is 0 Å². The maximum atomic E-state index is 10.9. The normalized spacial score (nSPS) is 13.0. The number of nitrogens with zero attached hydrogens (tertiary/aromatic N) is 3. The molecule has 1 N–H and O–H groups in total. The molecule has 0 aromatic carbocycles. The molecule has 18 heavy (non-hydrogen) atoms. The number of aliphatic carboxylic acids is 1. The third-order valence-electron chi connectivity index (χ3n) is 3.04. The van der Waals surface area contributed by atoms with Crippen LogP contribution in [0.1, 0.15) is 25.2 Å². The van der Waals surface area contributed by atoms with E-state index in [0.29, 0.717) is 18.1 Å². The van der Waals surface area contributed by atoms with Gasteiger partial charge in [0.25, 0.3) is 0 Å². The number of halogens is 1. The van der Waals surface area contributed by atoms with Gasteiger partial charge in [0.1, 0.15) is 0 Å². The van der Waals surface area contributed by atoms with E-state index in [9.17, 15) is 4.79 Å². The predicted molar refractivity (Wildman–Crippen MR) is 70.7 cm³/mol. The molecule has 0 fully saturated rings. The number of carboxylic acid groups (broad SMARTS) is 1. The van der Waals surface area contributed by atoms with Crippen molar-refractivity contribution in [2.45, 2.75) is 27.3 Å². The second-order valence-corrected chi connectivity index (χ2v) is 4.91. The van der Waals surface area contributed by atoms with Crippen LogP contribution in [0.2, 0.25) is 5.02 Å². The van der Waals surface area contributed by atoms with Crippen LogP contribution in [0, 0.1) is 12.8 Å². The Morgan fingerprint density at radius 1 is 1.61 bits per heavy atom. The van der Waals surface area contributed by atoms with Crippen LogP contribution in [0.4, 0.5) is 0 Å². The molecule has 0 amide bonds. The van der Waals surface area contributed by atoms with Crippen LogP contribution in [0.3, 0.4) is 0 Å². The van der Waals surface area contributed by atoms with Gasteiger partial charge in [0.05, 0.1) is 22.3 Å². The molecule has 1 unspecified atom stereocenters. The first kappa shape index (κ1) is 15.0. The van der Waals surface area contributed by atoms with Gasteiger partial charge in [-0.2, -0.15) is 5.10 Å². The summed E-state index contributed by atoms with van der Waals surface area (Å²) in [6, 6.07) is 0. The zero-order valence-electron chi connectivity index (χ0n) is 11.3. The molecule has 1 aromatic heterocycles. The summed E-state index contributed by atoms with van der Waals surface area (Å²) >= 11 is 6.19. The van der Waals surface area contributed by atoms with Crippen molar-refractivity contribution in [3.05, 3.63) is 16.4 Å². The minimum absolute atomic E-state index is 0.391. The van der Waals surface area contributed by atoms with Crippen LogP contribution in [0.25, 0.3) is 0 Å². The summed E-state index contributed by atoms with van der Waals surface area (Å²) in [5, 5.41) is 13.9. The van der Waals surface area contributed by atoms with Gasteiger partial charge in [-0.3, -0.25) is 14.4 Å². The molecule has 0 aliphatic heterocycles. The lowest BCUT2D eigenvalue weighted by atomic mass is 10.1. The zero-order valence-corrected chi connectivity index (χ0v) is 12.0. The van der Waals surface area contributed by atoms with Crippen LogP contribution in [0.5, 0.6) is 0 Å². The first-order valence-corrected chi connectivity index (χ1v) is 6.37. The molecule has 102 valence electrons. The first-order chi connectivity index (χ1) is 8.36. The second kappa shape index (κ2) is 6.20. The van der Waals surface area contributed by atoms with Crippen LogP contribution in [-0.4, -0.2) is 38.8 Å². The van der Waals surface area contributed by atoms with Gasteiger partial charge in [-0.25, -0.2) is 0 Å². The standard InChI is InChI=1S/C12H20ClN3O2/c1-5-16(6-8(2)12(17)18)7-10-11(13)9(3)14-15(10)4/h8H,5-7H2,1-4H3,(H,17,18). The highest BCUT2D eigenvalue weighted by Crippen LogP contribution is 2.21. The van der Waals surface area contributed by atoms with Crippen LogP contribution >= 0.6 is 11.6 Å². The van der Waals surface area contributed by atoms with Gasteiger partial charge in [-0.1, -0.05) is 25.4 Å².